The van der Waals surface area contributed by atoms with Crippen LogP contribution in [0.4, 0.5) is 19.0 Å². The van der Waals surface area contributed by atoms with E-state index >= 15 is 0 Å². The first-order valence-electron chi connectivity index (χ1n) is 4.64. The van der Waals surface area contributed by atoms with Gasteiger partial charge >= 0.3 is 6.18 Å². The van der Waals surface area contributed by atoms with E-state index < -0.39 is 12.7 Å². The van der Waals surface area contributed by atoms with E-state index in [9.17, 15) is 13.2 Å². The van der Waals surface area contributed by atoms with Gasteiger partial charge in [-0.05, 0) is 15.9 Å². The second kappa shape index (κ2) is 4.17. The average molecular weight is 309 g/mol. The monoisotopic (exact) mass is 308 g/mol. The van der Waals surface area contributed by atoms with Crippen molar-refractivity contribution >= 4 is 27.4 Å². The Morgan fingerprint density at radius 1 is 1.47 bits per heavy atom. The lowest BCUT2D eigenvalue weighted by atomic mass is 10.5. The van der Waals surface area contributed by atoms with Gasteiger partial charge < -0.3 is 9.30 Å². The van der Waals surface area contributed by atoms with Crippen LogP contribution >= 0.6 is 15.9 Å². The van der Waals surface area contributed by atoms with Crippen molar-refractivity contribution in [3.8, 4) is 0 Å². The lowest BCUT2D eigenvalue weighted by Crippen LogP contribution is -2.31. The fourth-order valence-corrected chi connectivity index (χ4v) is 1.87. The molecule has 2 aromatic heterocycles. The molecule has 0 amide bonds. The fourth-order valence-electron chi connectivity index (χ4n) is 1.49. The quantitative estimate of drug-likeness (QED) is 0.854. The molecule has 4 nitrogen and oxygen atoms in total. The third kappa shape index (κ3) is 2.68. The molecule has 0 aliphatic carbocycles. The minimum absolute atomic E-state index is 0.182. The molecule has 8 heteroatoms. The molecule has 17 heavy (non-hydrogen) atoms. The van der Waals surface area contributed by atoms with Gasteiger partial charge in [-0.25, -0.2) is 9.97 Å². The van der Waals surface area contributed by atoms with E-state index in [1.165, 1.54) is 13.2 Å². The molecule has 0 spiro atoms. The summed E-state index contributed by atoms with van der Waals surface area (Å²) in [6.45, 7) is -1.07. The van der Waals surface area contributed by atoms with E-state index in [1.54, 1.807) is 16.8 Å². The van der Waals surface area contributed by atoms with Crippen molar-refractivity contribution in [3.05, 3.63) is 23.2 Å². The van der Waals surface area contributed by atoms with E-state index in [0.717, 1.165) is 4.90 Å². The normalized spacial score (nSPS) is 12.1. The van der Waals surface area contributed by atoms with Gasteiger partial charge in [-0.1, -0.05) is 0 Å². The van der Waals surface area contributed by atoms with E-state index in [0.29, 0.717) is 10.3 Å². The summed E-state index contributed by atoms with van der Waals surface area (Å²) in [5, 5.41) is 0. The van der Waals surface area contributed by atoms with Crippen molar-refractivity contribution < 1.29 is 13.2 Å². The summed E-state index contributed by atoms with van der Waals surface area (Å²) >= 11 is 3.15. The third-order valence-corrected chi connectivity index (χ3v) is 2.49. The smallest absolute Gasteiger partial charge is 0.347 e. The number of alkyl halides is 3. The maximum atomic E-state index is 12.3. The summed E-state index contributed by atoms with van der Waals surface area (Å²) < 4.78 is 39.0. The van der Waals surface area contributed by atoms with E-state index in [-0.39, 0.29) is 5.82 Å². The number of nitrogens with zero attached hydrogens (tertiary/aromatic N) is 4. The van der Waals surface area contributed by atoms with Crippen molar-refractivity contribution in [2.24, 2.45) is 0 Å². The van der Waals surface area contributed by atoms with Gasteiger partial charge in [-0.2, -0.15) is 13.2 Å². The molecule has 92 valence electrons. The molecule has 0 unspecified atom stereocenters. The van der Waals surface area contributed by atoms with E-state index in [2.05, 4.69) is 25.9 Å². The number of imidazole rings is 1. The molecule has 0 aromatic carbocycles. The first-order chi connectivity index (χ1) is 7.87. The van der Waals surface area contributed by atoms with Gasteiger partial charge in [0.2, 0.25) is 0 Å². The molecule has 0 atom stereocenters. The van der Waals surface area contributed by atoms with Gasteiger partial charge in [0.1, 0.15) is 11.1 Å². The molecule has 0 aliphatic heterocycles. The minimum Gasteiger partial charge on any atom is -0.347 e. The van der Waals surface area contributed by atoms with Crippen molar-refractivity contribution in [1.82, 2.24) is 14.4 Å². The molecule has 2 aromatic rings. The van der Waals surface area contributed by atoms with Crippen LogP contribution in [-0.4, -0.2) is 34.1 Å². The SMILES string of the molecule is CN(CC(F)(F)F)c1nc(Br)cn2ccnc12. The van der Waals surface area contributed by atoms with Gasteiger partial charge in [-0.3, -0.25) is 0 Å². The van der Waals surface area contributed by atoms with Gasteiger partial charge in [0.25, 0.3) is 0 Å². The van der Waals surface area contributed by atoms with Crippen LogP contribution in [0.5, 0.6) is 0 Å². The number of anilines is 1. The Morgan fingerprint density at radius 3 is 2.82 bits per heavy atom. The van der Waals surface area contributed by atoms with Crippen LogP contribution in [0.2, 0.25) is 0 Å². The lowest BCUT2D eigenvalue weighted by Gasteiger charge is -2.20. The zero-order valence-corrected chi connectivity index (χ0v) is 10.3. The van der Waals surface area contributed by atoms with Crippen LogP contribution in [0.15, 0.2) is 23.2 Å². The van der Waals surface area contributed by atoms with Crippen LogP contribution in [0, 0.1) is 0 Å². The highest BCUT2D eigenvalue weighted by molar-refractivity contribution is 9.10. The fraction of sp³-hybridized carbons (Fsp3) is 0.333. The largest absolute Gasteiger partial charge is 0.405 e. The van der Waals surface area contributed by atoms with Crippen molar-refractivity contribution in [1.29, 1.82) is 0 Å². The summed E-state index contributed by atoms with van der Waals surface area (Å²) in [5.74, 6) is 0.182. The topological polar surface area (TPSA) is 33.4 Å². The molecule has 2 rings (SSSR count). The first kappa shape index (κ1) is 12.2. The molecule has 0 radical (unpaired) electrons. The zero-order chi connectivity index (χ0) is 12.6. The standard InChI is InChI=1S/C9H8BrF3N4/c1-16(5-9(11,12)13)8-7-14-2-3-17(7)4-6(10)15-8/h2-4H,5H2,1H3. The van der Waals surface area contributed by atoms with Crippen molar-refractivity contribution in [3.63, 3.8) is 0 Å². The molecular weight excluding hydrogens is 301 g/mol. The maximum Gasteiger partial charge on any atom is 0.405 e. The highest BCUT2D eigenvalue weighted by Crippen LogP contribution is 2.23. The Labute approximate surface area is 103 Å². The third-order valence-electron chi connectivity index (χ3n) is 2.11. The summed E-state index contributed by atoms with van der Waals surface area (Å²) in [7, 11) is 1.33. The molecular formula is C9H8BrF3N4. The Morgan fingerprint density at radius 2 is 2.18 bits per heavy atom. The number of aromatic nitrogens is 3. The molecule has 0 bridgehead atoms. The lowest BCUT2D eigenvalue weighted by molar-refractivity contribution is -0.119. The van der Waals surface area contributed by atoms with E-state index in [1.807, 2.05) is 0 Å². The summed E-state index contributed by atoms with van der Waals surface area (Å²) in [6.07, 6.45) is 0.511. The van der Waals surface area contributed by atoms with Crippen LogP contribution in [0.25, 0.3) is 5.65 Å². The first-order valence-corrected chi connectivity index (χ1v) is 5.43. The molecule has 2 heterocycles. The minimum atomic E-state index is -4.28. The molecule has 0 fully saturated rings. The number of rotatable bonds is 2. The average Bonchev–Trinajstić information content (AvgIpc) is 2.60. The van der Waals surface area contributed by atoms with Gasteiger partial charge in [0.05, 0.1) is 0 Å². The number of hydrogen-bond donors (Lipinski definition) is 0. The van der Waals surface area contributed by atoms with Gasteiger partial charge in [-0.15, -0.1) is 0 Å². The highest BCUT2D eigenvalue weighted by Gasteiger charge is 2.30. The summed E-state index contributed by atoms with van der Waals surface area (Å²) in [6, 6.07) is 0. The second-order valence-electron chi connectivity index (χ2n) is 3.52. The van der Waals surface area contributed by atoms with Crippen molar-refractivity contribution in [2.45, 2.75) is 6.18 Å². The predicted molar refractivity (Wildman–Crippen MR) is 60.0 cm³/mol. The van der Waals surface area contributed by atoms with Gasteiger partial charge in [0, 0.05) is 25.6 Å². The number of halogens is 4. The zero-order valence-electron chi connectivity index (χ0n) is 8.74. The molecule has 0 N–H and O–H groups in total. The number of fused-ring (bicyclic) bond motifs is 1. The summed E-state index contributed by atoms with van der Waals surface area (Å²) in [4.78, 5) is 9.02. The Hall–Kier alpha value is -1.31. The molecule has 0 aliphatic rings. The van der Waals surface area contributed by atoms with E-state index in [4.69, 9.17) is 0 Å². The highest BCUT2D eigenvalue weighted by atomic mass is 79.9. The predicted octanol–water partition coefficient (Wildman–Crippen LogP) is 2.49. The Bertz CT molecular complexity index is 537. The molecule has 0 saturated heterocycles. The van der Waals surface area contributed by atoms with Crippen LogP contribution in [0.1, 0.15) is 0 Å². The van der Waals surface area contributed by atoms with Crippen LogP contribution in [0.3, 0.4) is 0 Å². The van der Waals surface area contributed by atoms with Crippen molar-refractivity contribution in [2.75, 3.05) is 18.5 Å². The Balaban J connectivity index is 2.43. The maximum absolute atomic E-state index is 12.3. The van der Waals surface area contributed by atoms with Gasteiger partial charge in [0.15, 0.2) is 11.5 Å². The molecule has 0 saturated carbocycles. The Kier molecular flexibility index (Phi) is 2.98. The number of hydrogen-bond acceptors (Lipinski definition) is 3. The van der Waals surface area contributed by atoms with Crippen LogP contribution in [-0.2, 0) is 0 Å². The summed E-state index contributed by atoms with van der Waals surface area (Å²) in [5.41, 5.74) is 0.389. The van der Waals surface area contributed by atoms with Crippen LogP contribution < -0.4 is 4.90 Å². The second-order valence-corrected chi connectivity index (χ2v) is 4.33.